The molecule has 23 heavy (non-hydrogen) atoms. The van der Waals surface area contributed by atoms with Gasteiger partial charge < -0.3 is 10.4 Å². The first-order chi connectivity index (χ1) is 11.0. The van der Waals surface area contributed by atoms with Gasteiger partial charge in [0.25, 0.3) is 5.91 Å². The molecule has 2 aromatic rings. The Morgan fingerprint density at radius 1 is 1.26 bits per heavy atom. The Morgan fingerprint density at radius 2 is 1.91 bits per heavy atom. The number of carbonyl (C=O) groups excluding carboxylic acids is 1. The monoisotopic (exact) mass is 319 g/mol. The lowest BCUT2D eigenvalue weighted by molar-refractivity contribution is 0.0812. The maximum Gasteiger partial charge on any atom is 0.271 e. The molecule has 0 radical (unpaired) electrons. The molecule has 1 atom stereocenters. The third kappa shape index (κ3) is 4.39. The van der Waals surface area contributed by atoms with Crippen LogP contribution in [0.4, 0.5) is 4.39 Å². The van der Waals surface area contributed by atoms with Crippen molar-refractivity contribution >= 4 is 5.91 Å². The first-order valence-electron chi connectivity index (χ1n) is 7.83. The molecule has 1 amide bonds. The number of aromatic nitrogens is 2. The molecule has 0 bridgehead atoms. The molecule has 1 aromatic carbocycles. The van der Waals surface area contributed by atoms with Crippen LogP contribution in [0.1, 0.15) is 37.2 Å². The minimum absolute atomic E-state index is 0.173. The minimum atomic E-state index is -0.562. The first-order valence-corrected chi connectivity index (χ1v) is 7.83. The third-order valence-corrected chi connectivity index (χ3v) is 3.98. The van der Waals surface area contributed by atoms with Gasteiger partial charge in [-0.2, -0.15) is 5.10 Å². The predicted octanol–water partition coefficient (Wildman–Crippen LogP) is 2.54. The van der Waals surface area contributed by atoms with E-state index in [0.717, 1.165) is 12.8 Å². The van der Waals surface area contributed by atoms with Crippen molar-refractivity contribution in [2.24, 2.45) is 5.92 Å². The molecule has 1 heterocycles. The molecule has 0 aliphatic heterocycles. The molecule has 2 N–H and O–H groups in total. The lowest BCUT2D eigenvalue weighted by Gasteiger charge is -2.19. The van der Waals surface area contributed by atoms with Crippen LogP contribution in [0.15, 0.2) is 36.5 Å². The molecule has 0 saturated heterocycles. The molecular weight excluding hydrogens is 297 g/mol. The van der Waals surface area contributed by atoms with Gasteiger partial charge in [-0.3, -0.25) is 4.79 Å². The van der Waals surface area contributed by atoms with E-state index in [-0.39, 0.29) is 29.9 Å². The van der Waals surface area contributed by atoms with E-state index in [1.165, 1.54) is 16.8 Å². The van der Waals surface area contributed by atoms with Crippen molar-refractivity contribution in [3.05, 3.63) is 48.0 Å². The molecule has 0 spiro atoms. The fourth-order valence-corrected chi connectivity index (χ4v) is 2.47. The number of hydrogen-bond donors (Lipinski definition) is 2. The van der Waals surface area contributed by atoms with E-state index in [0.29, 0.717) is 5.69 Å². The van der Waals surface area contributed by atoms with E-state index < -0.39 is 6.10 Å². The quantitative estimate of drug-likeness (QED) is 0.824. The standard InChI is InChI=1S/C17H22FN3O2/c1-3-12(4-2)16(22)11-19-17(23)15-9-10-21(20-15)14-7-5-13(18)6-8-14/h5-10,12,16,22H,3-4,11H2,1-2H3,(H,19,23). The number of halogens is 1. The topological polar surface area (TPSA) is 67.2 Å². The number of amides is 1. The van der Waals surface area contributed by atoms with E-state index in [4.69, 9.17) is 0 Å². The third-order valence-electron chi connectivity index (χ3n) is 3.98. The van der Waals surface area contributed by atoms with Gasteiger partial charge in [-0.1, -0.05) is 26.7 Å². The fraction of sp³-hybridized carbons (Fsp3) is 0.412. The summed E-state index contributed by atoms with van der Waals surface area (Å²) in [4.78, 5) is 12.1. The van der Waals surface area contributed by atoms with Crippen LogP contribution in [0.3, 0.4) is 0 Å². The SMILES string of the molecule is CCC(CC)C(O)CNC(=O)c1ccn(-c2ccc(F)cc2)n1. The summed E-state index contributed by atoms with van der Waals surface area (Å²) in [5, 5.41) is 16.9. The largest absolute Gasteiger partial charge is 0.391 e. The van der Waals surface area contributed by atoms with Crippen molar-refractivity contribution < 1.29 is 14.3 Å². The van der Waals surface area contributed by atoms with Crippen LogP contribution in [0.25, 0.3) is 5.69 Å². The Labute approximate surface area is 135 Å². The lowest BCUT2D eigenvalue weighted by atomic mass is 9.96. The highest BCUT2D eigenvalue weighted by Crippen LogP contribution is 2.13. The maximum absolute atomic E-state index is 12.9. The highest BCUT2D eigenvalue weighted by molar-refractivity contribution is 5.92. The first kappa shape index (κ1) is 17.1. The van der Waals surface area contributed by atoms with Crippen LogP contribution in [-0.4, -0.2) is 33.4 Å². The second-order valence-electron chi connectivity index (χ2n) is 5.48. The number of aliphatic hydroxyl groups is 1. The van der Waals surface area contributed by atoms with E-state index in [1.54, 1.807) is 24.4 Å². The Balaban J connectivity index is 1.97. The molecule has 0 fully saturated rings. The number of carbonyl (C=O) groups is 1. The number of rotatable bonds is 7. The van der Waals surface area contributed by atoms with Gasteiger partial charge in [-0.05, 0) is 36.2 Å². The van der Waals surface area contributed by atoms with Crippen molar-refractivity contribution in [3.63, 3.8) is 0 Å². The van der Waals surface area contributed by atoms with Gasteiger partial charge in [0.15, 0.2) is 5.69 Å². The van der Waals surface area contributed by atoms with Crippen molar-refractivity contribution in [2.75, 3.05) is 6.54 Å². The Hall–Kier alpha value is -2.21. The minimum Gasteiger partial charge on any atom is -0.391 e. The van der Waals surface area contributed by atoms with Crippen LogP contribution in [0, 0.1) is 11.7 Å². The Morgan fingerprint density at radius 3 is 2.52 bits per heavy atom. The number of nitrogens with one attached hydrogen (secondary N) is 1. The van der Waals surface area contributed by atoms with Crippen LogP contribution in [0.5, 0.6) is 0 Å². The van der Waals surface area contributed by atoms with Gasteiger partial charge in [-0.25, -0.2) is 9.07 Å². The average Bonchev–Trinajstić information content (AvgIpc) is 3.04. The molecule has 1 unspecified atom stereocenters. The Kier molecular flexibility index (Phi) is 5.87. The summed E-state index contributed by atoms with van der Waals surface area (Å²) in [6.07, 6.45) is 2.81. The van der Waals surface area contributed by atoms with Crippen molar-refractivity contribution in [3.8, 4) is 5.69 Å². The van der Waals surface area contributed by atoms with E-state index in [9.17, 15) is 14.3 Å². The normalized spacial score (nSPS) is 12.4. The Bertz CT molecular complexity index is 636. The lowest BCUT2D eigenvalue weighted by Crippen LogP contribution is -2.36. The average molecular weight is 319 g/mol. The molecule has 0 saturated carbocycles. The maximum atomic E-state index is 12.9. The molecule has 124 valence electrons. The number of aliphatic hydroxyl groups excluding tert-OH is 1. The molecular formula is C17H22FN3O2. The van der Waals surface area contributed by atoms with Gasteiger partial charge in [-0.15, -0.1) is 0 Å². The summed E-state index contributed by atoms with van der Waals surface area (Å²) < 4.78 is 14.4. The van der Waals surface area contributed by atoms with Gasteiger partial charge in [0.05, 0.1) is 11.8 Å². The summed E-state index contributed by atoms with van der Waals surface area (Å²) in [6, 6.07) is 7.43. The van der Waals surface area contributed by atoms with Crippen LogP contribution < -0.4 is 5.32 Å². The van der Waals surface area contributed by atoms with Gasteiger partial charge >= 0.3 is 0 Å². The zero-order valence-electron chi connectivity index (χ0n) is 13.4. The highest BCUT2D eigenvalue weighted by Gasteiger charge is 2.17. The molecule has 6 heteroatoms. The van der Waals surface area contributed by atoms with Gasteiger partial charge in [0.1, 0.15) is 5.82 Å². The summed E-state index contributed by atoms with van der Waals surface area (Å²) >= 11 is 0. The second kappa shape index (κ2) is 7.87. The highest BCUT2D eigenvalue weighted by atomic mass is 19.1. The van der Waals surface area contributed by atoms with Crippen molar-refractivity contribution in [1.29, 1.82) is 0 Å². The predicted molar refractivity (Wildman–Crippen MR) is 85.9 cm³/mol. The molecule has 1 aromatic heterocycles. The summed E-state index contributed by atoms with van der Waals surface area (Å²) in [5.41, 5.74) is 0.925. The van der Waals surface area contributed by atoms with E-state index in [1.807, 2.05) is 13.8 Å². The summed E-state index contributed by atoms with van der Waals surface area (Å²) in [6.45, 7) is 4.24. The van der Waals surface area contributed by atoms with Gasteiger partial charge in [0, 0.05) is 12.7 Å². The number of hydrogen-bond acceptors (Lipinski definition) is 3. The molecule has 0 aliphatic carbocycles. The molecule has 2 rings (SSSR count). The van der Waals surface area contributed by atoms with Crippen LogP contribution in [0.2, 0.25) is 0 Å². The smallest absolute Gasteiger partial charge is 0.271 e. The molecule has 5 nitrogen and oxygen atoms in total. The zero-order valence-corrected chi connectivity index (χ0v) is 13.4. The van der Waals surface area contributed by atoms with Crippen molar-refractivity contribution in [1.82, 2.24) is 15.1 Å². The zero-order chi connectivity index (χ0) is 16.8. The second-order valence-corrected chi connectivity index (χ2v) is 5.48. The summed E-state index contributed by atoms with van der Waals surface area (Å²) in [5.74, 6) is -0.489. The fourth-order valence-electron chi connectivity index (χ4n) is 2.47. The number of benzene rings is 1. The molecule has 0 aliphatic rings. The number of nitrogens with zero attached hydrogens (tertiary/aromatic N) is 2. The van der Waals surface area contributed by atoms with Crippen molar-refractivity contribution in [2.45, 2.75) is 32.8 Å². The van der Waals surface area contributed by atoms with Gasteiger partial charge in [0.2, 0.25) is 0 Å². The van der Waals surface area contributed by atoms with Crippen LogP contribution >= 0.6 is 0 Å². The van der Waals surface area contributed by atoms with E-state index in [2.05, 4.69) is 10.4 Å². The van der Waals surface area contributed by atoms with E-state index >= 15 is 0 Å². The van der Waals surface area contributed by atoms with Crippen LogP contribution in [-0.2, 0) is 0 Å². The summed E-state index contributed by atoms with van der Waals surface area (Å²) in [7, 11) is 0.